The number of rotatable bonds is 5. The monoisotopic (exact) mass is 432 g/mol. The second-order valence-corrected chi connectivity index (χ2v) is 8.01. The van der Waals surface area contributed by atoms with E-state index in [1.807, 2.05) is 6.92 Å². The zero-order chi connectivity index (χ0) is 21.0. The zero-order valence-electron chi connectivity index (χ0n) is 15.7. The summed E-state index contributed by atoms with van der Waals surface area (Å²) in [6.45, 7) is 3.60. The van der Waals surface area contributed by atoms with Crippen molar-refractivity contribution in [1.82, 2.24) is 5.32 Å². The molecule has 2 aromatic carbocycles. The molecule has 3 rings (SSSR count). The molecule has 1 atom stereocenters. The molecule has 1 unspecified atom stereocenters. The average molecular weight is 433 g/mol. The predicted octanol–water partition coefficient (Wildman–Crippen LogP) is 4.13. The van der Waals surface area contributed by atoms with Crippen molar-refractivity contribution in [2.45, 2.75) is 25.5 Å². The van der Waals surface area contributed by atoms with Crippen molar-refractivity contribution in [3.05, 3.63) is 64.4 Å². The highest BCUT2D eigenvalue weighted by Crippen LogP contribution is 2.24. The van der Waals surface area contributed by atoms with Gasteiger partial charge in [0.25, 0.3) is 0 Å². The molecule has 1 heterocycles. The number of carbonyl (C=O) groups is 2. The summed E-state index contributed by atoms with van der Waals surface area (Å²) >= 11 is 7.19. The molecular weight excluding hydrogens is 415 g/mol. The number of hydrogen-bond acceptors (Lipinski definition) is 5. The molecule has 0 radical (unpaired) electrons. The molecule has 2 N–H and O–H groups in total. The van der Waals surface area contributed by atoms with Gasteiger partial charge in [0.1, 0.15) is 11.1 Å². The van der Waals surface area contributed by atoms with Crippen LogP contribution in [0.1, 0.15) is 24.5 Å². The van der Waals surface area contributed by atoms with Crippen molar-refractivity contribution in [3.63, 3.8) is 0 Å². The van der Waals surface area contributed by atoms with Crippen LogP contribution in [0.25, 0.3) is 0 Å². The summed E-state index contributed by atoms with van der Waals surface area (Å²) in [6, 6.07) is 11.1. The fourth-order valence-corrected chi connectivity index (χ4v) is 3.61. The van der Waals surface area contributed by atoms with E-state index in [1.165, 1.54) is 12.1 Å². The van der Waals surface area contributed by atoms with Crippen LogP contribution in [0, 0.1) is 12.7 Å². The van der Waals surface area contributed by atoms with Crippen LogP contribution in [0.2, 0.25) is 5.02 Å². The van der Waals surface area contributed by atoms with Gasteiger partial charge < -0.3 is 10.6 Å². The Bertz CT molecular complexity index is 1010. The summed E-state index contributed by atoms with van der Waals surface area (Å²) in [4.78, 5) is 24.4. The Kier molecular flexibility index (Phi) is 6.66. The Labute approximate surface area is 176 Å². The lowest BCUT2D eigenvalue weighted by Gasteiger charge is -2.08. The lowest BCUT2D eigenvalue weighted by Crippen LogP contribution is -2.28. The van der Waals surface area contributed by atoms with Crippen LogP contribution in [0.5, 0.6) is 0 Å². The van der Waals surface area contributed by atoms with E-state index in [0.717, 1.165) is 22.9 Å². The third-order valence-electron chi connectivity index (χ3n) is 4.16. The van der Waals surface area contributed by atoms with Gasteiger partial charge in [0.05, 0.1) is 5.71 Å². The van der Waals surface area contributed by atoms with Crippen LogP contribution in [0.15, 0.2) is 52.7 Å². The summed E-state index contributed by atoms with van der Waals surface area (Å²) in [6.07, 6.45) is -0.0122. The molecule has 0 saturated carbocycles. The number of nitrogens with one attached hydrogen (secondary N) is 2. The van der Waals surface area contributed by atoms with Gasteiger partial charge in [0.2, 0.25) is 11.8 Å². The summed E-state index contributed by atoms with van der Waals surface area (Å²) in [5.74, 6) is -0.939. The molecule has 150 valence electrons. The van der Waals surface area contributed by atoms with E-state index in [4.69, 9.17) is 11.6 Å². The minimum Gasteiger partial charge on any atom is -0.326 e. The fraction of sp³-hybridized carbons (Fsp3) is 0.200. The van der Waals surface area contributed by atoms with Gasteiger partial charge in [-0.25, -0.2) is 4.39 Å². The van der Waals surface area contributed by atoms with Crippen LogP contribution in [-0.2, 0) is 9.59 Å². The average Bonchev–Trinajstić information content (AvgIpc) is 3.02. The van der Waals surface area contributed by atoms with Gasteiger partial charge in [-0.2, -0.15) is 5.10 Å². The Morgan fingerprint density at radius 1 is 1.28 bits per heavy atom. The second-order valence-electron chi connectivity index (χ2n) is 6.41. The lowest BCUT2D eigenvalue weighted by molar-refractivity contribution is -0.122. The minimum atomic E-state index is -0.601. The fourth-order valence-electron chi connectivity index (χ4n) is 2.51. The number of nitrogens with zero attached hydrogens (tertiary/aromatic N) is 2. The topological polar surface area (TPSA) is 82.9 Å². The molecule has 0 aliphatic carbocycles. The van der Waals surface area contributed by atoms with Crippen molar-refractivity contribution >= 4 is 51.7 Å². The lowest BCUT2D eigenvalue weighted by atomic mass is 10.1. The zero-order valence-corrected chi connectivity index (χ0v) is 17.3. The van der Waals surface area contributed by atoms with Gasteiger partial charge >= 0.3 is 0 Å². The molecule has 29 heavy (non-hydrogen) atoms. The van der Waals surface area contributed by atoms with E-state index in [2.05, 4.69) is 20.8 Å². The van der Waals surface area contributed by atoms with Crippen LogP contribution in [0.4, 0.5) is 10.1 Å². The van der Waals surface area contributed by atoms with Crippen LogP contribution < -0.4 is 10.6 Å². The van der Waals surface area contributed by atoms with Gasteiger partial charge in [-0.1, -0.05) is 41.6 Å². The molecule has 1 aliphatic rings. The van der Waals surface area contributed by atoms with Crippen LogP contribution in [0.3, 0.4) is 0 Å². The summed E-state index contributed by atoms with van der Waals surface area (Å²) < 4.78 is 13.0. The van der Waals surface area contributed by atoms with Gasteiger partial charge in [-0.15, -0.1) is 5.10 Å². The molecule has 2 aromatic rings. The van der Waals surface area contributed by atoms with Gasteiger partial charge in [0.15, 0.2) is 5.17 Å². The van der Waals surface area contributed by atoms with Crippen molar-refractivity contribution in [2.75, 3.05) is 5.32 Å². The first-order valence-corrected chi connectivity index (χ1v) is 9.99. The SMILES string of the molecule is CC(=NN=C1NC(=O)C(CC(=O)Nc2ccc(C)c(Cl)c2)S1)c1ccc(F)cc1. The quantitative estimate of drug-likeness (QED) is 0.550. The van der Waals surface area contributed by atoms with Crippen molar-refractivity contribution < 1.29 is 14.0 Å². The van der Waals surface area contributed by atoms with E-state index < -0.39 is 5.25 Å². The van der Waals surface area contributed by atoms with Gasteiger partial charge in [-0.05, 0) is 49.2 Å². The summed E-state index contributed by atoms with van der Waals surface area (Å²) in [7, 11) is 0. The van der Waals surface area contributed by atoms with Crippen LogP contribution in [-0.4, -0.2) is 27.9 Å². The number of thioether (sulfide) groups is 1. The first kappa shape index (κ1) is 21.0. The molecule has 0 aromatic heterocycles. The van der Waals surface area contributed by atoms with E-state index in [1.54, 1.807) is 37.3 Å². The minimum absolute atomic E-state index is 0.0122. The van der Waals surface area contributed by atoms with E-state index >= 15 is 0 Å². The molecule has 6 nitrogen and oxygen atoms in total. The van der Waals surface area contributed by atoms with E-state index in [9.17, 15) is 14.0 Å². The molecule has 0 bridgehead atoms. The first-order chi connectivity index (χ1) is 13.8. The van der Waals surface area contributed by atoms with Crippen molar-refractivity contribution in [3.8, 4) is 0 Å². The molecular formula is C20H18ClFN4O2S. The molecule has 1 aliphatic heterocycles. The Morgan fingerprint density at radius 2 is 2.00 bits per heavy atom. The number of aryl methyl sites for hydroxylation is 1. The number of amides is 2. The Morgan fingerprint density at radius 3 is 2.69 bits per heavy atom. The standard InChI is InChI=1S/C20H18ClFN4O2S/c1-11-3-8-15(9-16(11)21)23-18(27)10-17-19(28)24-20(29-17)26-25-12(2)13-4-6-14(22)7-5-13/h3-9,17H,10H2,1-2H3,(H,23,27)(H,24,26,28). The predicted molar refractivity (Wildman–Crippen MR) is 115 cm³/mol. The maximum Gasteiger partial charge on any atom is 0.240 e. The van der Waals surface area contributed by atoms with Crippen LogP contribution >= 0.6 is 23.4 Å². The number of anilines is 1. The number of hydrogen-bond donors (Lipinski definition) is 2. The van der Waals surface area contributed by atoms with Gasteiger partial charge in [-0.3, -0.25) is 9.59 Å². The van der Waals surface area contributed by atoms with Crippen molar-refractivity contribution in [1.29, 1.82) is 0 Å². The maximum atomic E-state index is 13.0. The molecule has 0 spiro atoms. The molecule has 2 amide bonds. The van der Waals surface area contributed by atoms with Gasteiger partial charge in [0, 0.05) is 17.1 Å². The third kappa shape index (κ3) is 5.65. The van der Waals surface area contributed by atoms with Crippen molar-refractivity contribution in [2.24, 2.45) is 10.2 Å². The summed E-state index contributed by atoms with van der Waals surface area (Å²) in [5, 5.41) is 13.7. The third-order valence-corrected chi connectivity index (χ3v) is 5.64. The summed E-state index contributed by atoms with van der Waals surface area (Å²) in [5.41, 5.74) is 2.78. The maximum absolute atomic E-state index is 13.0. The highest BCUT2D eigenvalue weighted by molar-refractivity contribution is 8.15. The highest BCUT2D eigenvalue weighted by Gasteiger charge is 2.32. The molecule has 9 heteroatoms. The largest absolute Gasteiger partial charge is 0.326 e. The molecule has 1 saturated heterocycles. The van der Waals surface area contributed by atoms with E-state index in [0.29, 0.717) is 21.6 Å². The number of carbonyl (C=O) groups excluding carboxylic acids is 2. The number of halogens is 2. The smallest absolute Gasteiger partial charge is 0.240 e. The Balaban J connectivity index is 1.59. The first-order valence-electron chi connectivity index (χ1n) is 8.73. The Hall–Kier alpha value is -2.71. The molecule has 1 fully saturated rings. The number of benzene rings is 2. The normalized spacial score (nSPS) is 18.1. The second kappa shape index (κ2) is 9.19. The highest BCUT2D eigenvalue weighted by atomic mass is 35.5. The number of amidine groups is 1. The van der Waals surface area contributed by atoms with E-state index in [-0.39, 0.29) is 24.1 Å².